The first kappa shape index (κ1) is 26.4. The van der Waals surface area contributed by atoms with Gasteiger partial charge >= 0.3 is 0 Å². The number of nitrogens with zero attached hydrogens (tertiary/aromatic N) is 5. The van der Waals surface area contributed by atoms with E-state index < -0.39 is 11.4 Å². The van der Waals surface area contributed by atoms with Gasteiger partial charge in [-0.2, -0.15) is 5.10 Å². The smallest absolute Gasteiger partial charge is 0.264 e. The molecule has 1 aliphatic heterocycles. The lowest BCUT2D eigenvalue weighted by Crippen LogP contribution is -2.49. The van der Waals surface area contributed by atoms with Gasteiger partial charge in [-0.3, -0.25) is 14.2 Å². The Labute approximate surface area is 235 Å². The van der Waals surface area contributed by atoms with E-state index in [9.17, 15) is 19.1 Å². The maximum Gasteiger partial charge on any atom is 0.264 e. The third kappa shape index (κ3) is 5.59. The van der Waals surface area contributed by atoms with E-state index in [2.05, 4.69) is 10.1 Å². The van der Waals surface area contributed by atoms with Gasteiger partial charge in [-0.05, 0) is 54.8 Å². The molecule has 1 saturated heterocycles. The number of carbonyl (C=O) groups is 1. The standard InChI is InChI=1S/C31H28FN5O4/c32-24-11-9-23(10-12-24)29(38)35-15-13-31(40,14-16-35)20-36-21-33-28-27(30(36)39)18-34-37(28)25-7-4-8-26(17-25)41-19-22-5-2-1-3-6-22/h1-12,17-18,21,40H,13-16,19-20H2. The molecule has 1 N–H and O–H groups in total. The number of amides is 1. The molecule has 0 bridgehead atoms. The number of aliphatic hydroxyl groups is 1. The second-order valence-corrected chi connectivity index (χ2v) is 10.3. The predicted octanol–water partition coefficient (Wildman–Crippen LogP) is 3.97. The van der Waals surface area contributed by atoms with Crippen molar-refractivity contribution < 1.29 is 19.0 Å². The van der Waals surface area contributed by atoms with Gasteiger partial charge in [0.05, 0.1) is 24.0 Å². The summed E-state index contributed by atoms with van der Waals surface area (Å²) in [5.74, 6) is 0.0431. The number of fused-ring (bicyclic) bond motifs is 1. The van der Waals surface area contributed by atoms with Crippen LogP contribution in [0.25, 0.3) is 16.7 Å². The fourth-order valence-corrected chi connectivity index (χ4v) is 5.07. The summed E-state index contributed by atoms with van der Waals surface area (Å²) in [6.45, 7) is 1.10. The number of halogens is 1. The van der Waals surface area contributed by atoms with Gasteiger partial charge in [-0.25, -0.2) is 14.1 Å². The molecule has 3 aromatic carbocycles. The molecule has 41 heavy (non-hydrogen) atoms. The average Bonchev–Trinajstić information content (AvgIpc) is 3.44. The molecule has 10 heteroatoms. The van der Waals surface area contributed by atoms with Crippen LogP contribution in [0, 0.1) is 5.82 Å². The first-order chi connectivity index (χ1) is 19.9. The van der Waals surface area contributed by atoms with Crippen molar-refractivity contribution in [1.29, 1.82) is 0 Å². The molecule has 5 aromatic rings. The Hall–Kier alpha value is -4.83. The van der Waals surface area contributed by atoms with Gasteiger partial charge in [0.25, 0.3) is 11.5 Å². The predicted molar refractivity (Wildman–Crippen MR) is 150 cm³/mol. The second-order valence-electron chi connectivity index (χ2n) is 10.3. The average molecular weight is 554 g/mol. The number of hydrogen-bond acceptors (Lipinski definition) is 6. The lowest BCUT2D eigenvalue weighted by atomic mass is 9.91. The molecule has 9 nitrogen and oxygen atoms in total. The fourth-order valence-electron chi connectivity index (χ4n) is 5.07. The molecule has 6 rings (SSSR count). The Bertz CT molecular complexity index is 1740. The molecule has 1 amide bonds. The summed E-state index contributed by atoms with van der Waals surface area (Å²) in [5, 5.41) is 16.0. The minimum Gasteiger partial charge on any atom is -0.489 e. The van der Waals surface area contributed by atoms with Gasteiger partial charge in [0, 0.05) is 24.7 Å². The van der Waals surface area contributed by atoms with Gasteiger partial charge in [0.2, 0.25) is 0 Å². The number of likely N-dealkylation sites (tertiary alicyclic amines) is 1. The minimum absolute atomic E-state index is 0.0430. The molecule has 0 saturated carbocycles. The van der Waals surface area contributed by atoms with E-state index >= 15 is 0 Å². The molecular formula is C31H28FN5O4. The Morgan fingerprint density at radius 1 is 1.00 bits per heavy atom. The molecular weight excluding hydrogens is 525 g/mol. The van der Waals surface area contributed by atoms with Gasteiger partial charge in [0.1, 0.15) is 29.9 Å². The molecule has 208 valence electrons. The fraction of sp³-hybridized carbons (Fsp3) is 0.226. The number of piperidine rings is 1. The topological polar surface area (TPSA) is 102 Å². The highest BCUT2D eigenvalue weighted by atomic mass is 19.1. The normalized spacial score (nSPS) is 14.7. The van der Waals surface area contributed by atoms with Crippen LogP contribution in [-0.2, 0) is 13.2 Å². The van der Waals surface area contributed by atoms with Crippen LogP contribution in [0.3, 0.4) is 0 Å². The van der Waals surface area contributed by atoms with Crippen molar-refractivity contribution >= 4 is 16.9 Å². The van der Waals surface area contributed by atoms with Crippen LogP contribution in [-0.4, -0.2) is 53.9 Å². The maximum absolute atomic E-state index is 13.3. The lowest BCUT2D eigenvalue weighted by molar-refractivity contribution is -0.0299. The van der Waals surface area contributed by atoms with E-state index in [0.29, 0.717) is 60.6 Å². The van der Waals surface area contributed by atoms with Crippen LogP contribution < -0.4 is 10.3 Å². The van der Waals surface area contributed by atoms with Crippen molar-refractivity contribution in [2.45, 2.75) is 31.6 Å². The zero-order valence-electron chi connectivity index (χ0n) is 22.2. The number of benzene rings is 3. The third-order valence-corrected chi connectivity index (χ3v) is 7.40. The van der Waals surface area contributed by atoms with E-state index in [4.69, 9.17) is 4.74 Å². The van der Waals surface area contributed by atoms with Crippen LogP contribution in [0.1, 0.15) is 28.8 Å². The molecule has 1 aliphatic rings. The quantitative estimate of drug-likeness (QED) is 0.327. The SMILES string of the molecule is O=C(c1ccc(F)cc1)N1CCC(O)(Cn2cnc3c(cnn3-c3cccc(OCc4ccccc4)c3)c2=O)CC1. The van der Waals surface area contributed by atoms with E-state index in [0.717, 1.165) is 5.56 Å². The highest BCUT2D eigenvalue weighted by Gasteiger charge is 2.35. The number of hydrogen-bond donors (Lipinski definition) is 1. The second kappa shape index (κ2) is 11.0. The van der Waals surface area contributed by atoms with Crippen molar-refractivity contribution in [3.63, 3.8) is 0 Å². The molecule has 0 aliphatic carbocycles. The first-order valence-corrected chi connectivity index (χ1v) is 13.4. The van der Waals surface area contributed by atoms with E-state index in [1.165, 1.54) is 41.4 Å². The summed E-state index contributed by atoms with van der Waals surface area (Å²) >= 11 is 0. The van der Waals surface area contributed by atoms with Gasteiger partial charge in [-0.15, -0.1) is 0 Å². The molecule has 0 atom stereocenters. The summed E-state index contributed by atoms with van der Waals surface area (Å²) in [4.78, 5) is 32.2. The van der Waals surface area contributed by atoms with E-state index in [1.807, 2.05) is 54.6 Å². The molecule has 3 heterocycles. The number of aromatic nitrogens is 4. The van der Waals surface area contributed by atoms with E-state index in [-0.39, 0.29) is 18.0 Å². The van der Waals surface area contributed by atoms with Crippen LogP contribution >= 0.6 is 0 Å². The van der Waals surface area contributed by atoms with Crippen molar-refractivity contribution in [2.24, 2.45) is 0 Å². The monoisotopic (exact) mass is 553 g/mol. The summed E-state index contributed by atoms with van der Waals surface area (Å²) in [7, 11) is 0. The van der Waals surface area contributed by atoms with Crippen LogP contribution in [0.4, 0.5) is 4.39 Å². The summed E-state index contributed by atoms with van der Waals surface area (Å²) in [5.41, 5.74) is 1.06. The van der Waals surface area contributed by atoms with Gasteiger partial charge < -0.3 is 14.7 Å². The minimum atomic E-state index is -1.18. The molecule has 1 fully saturated rings. The Kier molecular flexibility index (Phi) is 7.07. The molecule has 0 radical (unpaired) electrons. The maximum atomic E-state index is 13.3. The third-order valence-electron chi connectivity index (χ3n) is 7.40. The van der Waals surface area contributed by atoms with Crippen molar-refractivity contribution in [3.8, 4) is 11.4 Å². The van der Waals surface area contributed by atoms with Crippen molar-refractivity contribution in [2.75, 3.05) is 13.1 Å². The number of rotatable bonds is 7. The zero-order chi connectivity index (χ0) is 28.4. The first-order valence-electron chi connectivity index (χ1n) is 13.4. The zero-order valence-corrected chi connectivity index (χ0v) is 22.2. The van der Waals surface area contributed by atoms with Crippen molar-refractivity contribution in [1.82, 2.24) is 24.2 Å². The summed E-state index contributed by atoms with van der Waals surface area (Å²) in [6.07, 6.45) is 3.48. The largest absolute Gasteiger partial charge is 0.489 e. The van der Waals surface area contributed by atoms with E-state index in [1.54, 1.807) is 9.58 Å². The van der Waals surface area contributed by atoms with Crippen LogP contribution in [0.5, 0.6) is 5.75 Å². The highest BCUT2D eigenvalue weighted by molar-refractivity contribution is 5.94. The number of carbonyl (C=O) groups excluding carboxylic acids is 1. The Balaban J connectivity index is 1.15. The molecule has 2 aromatic heterocycles. The lowest BCUT2D eigenvalue weighted by Gasteiger charge is -2.38. The van der Waals surface area contributed by atoms with Crippen LogP contribution in [0.2, 0.25) is 0 Å². The Morgan fingerprint density at radius 3 is 2.51 bits per heavy atom. The summed E-state index contributed by atoms with van der Waals surface area (Å²) in [6, 6.07) is 22.7. The Morgan fingerprint density at radius 2 is 1.76 bits per heavy atom. The van der Waals surface area contributed by atoms with Gasteiger partial charge in [-0.1, -0.05) is 36.4 Å². The molecule has 0 spiro atoms. The van der Waals surface area contributed by atoms with Gasteiger partial charge in [0.15, 0.2) is 5.65 Å². The number of ether oxygens (including phenoxy) is 1. The summed E-state index contributed by atoms with van der Waals surface area (Å²) < 4.78 is 22.1. The molecule has 0 unspecified atom stereocenters. The highest BCUT2D eigenvalue weighted by Crippen LogP contribution is 2.26. The van der Waals surface area contributed by atoms with Crippen LogP contribution in [0.15, 0.2) is 96.2 Å². The van der Waals surface area contributed by atoms with Crippen molar-refractivity contribution in [3.05, 3.63) is 119 Å².